The highest BCUT2D eigenvalue weighted by atomic mass is 16.4. The maximum absolute atomic E-state index is 11.9. The number of urea groups is 1. The number of carboxylic acids is 1. The van der Waals surface area contributed by atoms with E-state index in [1.807, 2.05) is 6.92 Å². The van der Waals surface area contributed by atoms with Crippen LogP contribution in [0.15, 0.2) is 0 Å². The van der Waals surface area contributed by atoms with Crippen molar-refractivity contribution in [3.63, 3.8) is 0 Å². The van der Waals surface area contributed by atoms with Crippen molar-refractivity contribution in [2.24, 2.45) is 5.92 Å². The molecule has 1 fully saturated rings. The number of rotatable bonds is 5. The third-order valence-electron chi connectivity index (χ3n) is 3.86. The molecule has 19 heavy (non-hydrogen) atoms. The summed E-state index contributed by atoms with van der Waals surface area (Å²) < 4.78 is 0. The lowest BCUT2D eigenvalue weighted by Crippen LogP contribution is -2.50. The van der Waals surface area contributed by atoms with Gasteiger partial charge in [-0.3, -0.25) is 0 Å². The molecule has 0 saturated heterocycles. The third kappa shape index (κ3) is 5.49. The lowest BCUT2D eigenvalue weighted by Gasteiger charge is -2.24. The van der Waals surface area contributed by atoms with Crippen LogP contribution in [0.25, 0.3) is 0 Å². The van der Waals surface area contributed by atoms with Gasteiger partial charge in [0.15, 0.2) is 0 Å². The normalized spacial score (nSPS) is 25.2. The third-order valence-corrected chi connectivity index (χ3v) is 3.86. The molecule has 1 aliphatic rings. The Morgan fingerprint density at radius 2 is 1.95 bits per heavy atom. The van der Waals surface area contributed by atoms with E-state index < -0.39 is 12.0 Å². The van der Waals surface area contributed by atoms with Crippen LogP contribution in [0.4, 0.5) is 4.79 Å². The van der Waals surface area contributed by atoms with Gasteiger partial charge in [-0.1, -0.05) is 39.5 Å². The van der Waals surface area contributed by atoms with Crippen LogP contribution in [-0.2, 0) is 4.79 Å². The molecule has 3 atom stereocenters. The van der Waals surface area contributed by atoms with Crippen LogP contribution >= 0.6 is 0 Å². The molecule has 1 rings (SSSR count). The highest BCUT2D eigenvalue weighted by Crippen LogP contribution is 2.22. The van der Waals surface area contributed by atoms with Crippen LogP contribution < -0.4 is 10.6 Å². The van der Waals surface area contributed by atoms with Crippen LogP contribution in [0, 0.1) is 5.92 Å². The molecule has 0 bridgehead atoms. The second-order valence-electron chi connectivity index (χ2n) is 5.52. The summed E-state index contributed by atoms with van der Waals surface area (Å²) in [6.45, 7) is 4.06. The Morgan fingerprint density at radius 1 is 1.26 bits per heavy atom. The number of hydrogen-bond acceptors (Lipinski definition) is 2. The van der Waals surface area contributed by atoms with E-state index in [1.165, 1.54) is 12.8 Å². The summed E-state index contributed by atoms with van der Waals surface area (Å²) in [6.07, 6.45) is 6.88. The number of carboxylic acid groups (broad SMARTS) is 1. The zero-order valence-corrected chi connectivity index (χ0v) is 11.9. The molecule has 5 heteroatoms. The van der Waals surface area contributed by atoms with Crippen LogP contribution in [0.3, 0.4) is 0 Å². The van der Waals surface area contributed by atoms with Crippen molar-refractivity contribution in [2.45, 2.75) is 70.9 Å². The minimum atomic E-state index is -0.967. The Labute approximate surface area is 115 Å². The Bertz CT molecular complexity index is 307. The molecule has 5 nitrogen and oxygen atoms in total. The van der Waals surface area contributed by atoms with E-state index in [0.29, 0.717) is 12.3 Å². The van der Waals surface area contributed by atoms with E-state index in [4.69, 9.17) is 5.11 Å². The molecule has 0 aromatic rings. The lowest BCUT2D eigenvalue weighted by atomic mass is 9.97. The zero-order chi connectivity index (χ0) is 14.3. The first-order valence-corrected chi connectivity index (χ1v) is 7.34. The summed E-state index contributed by atoms with van der Waals surface area (Å²) in [4.78, 5) is 22.9. The Balaban J connectivity index is 2.46. The molecule has 0 spiro atoms. The number of carbonyl (C=O) groups is 2. The first kappa shape index (κ1) is 15.8. The van der Waals surface area contributed by atoms with Crippen molar-refractivity contribution in [3.8, 4) is 0 Å². The summed E-state index contributed by atoms with van der Waals surface area (Å²) in [5, 5.41) is 14.5. The fourth-order valence-corrected chi connectivity index (χ4v) is 2.62. The molecule has 3 N–H and O–H groups in total. The van der Waals surface area contributed by atoms with Crippen molar-refractivity contribution >= 4 is 12.0 Å². The standard InChI is InChI=1S/C14H26N2O3/c1-3-7-12(13(17)18)16-14(19)15-11-9-6-4-5-8-10(11)2/h10-12H,3-9H2,1-2H3,(H,17,18)(H2,15,16,19)/t10?,11?,12-/m0/s1. The summed E-state index contributed by atoms with van der Waals surface area (Å²) in [5.74, 6) is -0.506. The van der Waals surface area contributed by atoms with Crippen LogP contribution in [0.2, 0.25) is 0 Å². The predicted molar refractivity (Wildman–Crippen MR) is 74.0 cm³/mol. The van der Waals surface area contributed by atoms with Crippen LogP contribution in [-0.4, -0.2) is 29.2 Å². The summed E-state index contributed by atoms with van der Waals surface area (Å²) >= 11 is 0. The number of nitrogens with one attached hydrogen (secondary N) is 2. The monoisotopic (exact) mass is 270 g/mol. The zero-order valence-electron chi connectivity index (χ0n) is 11.9. The van der Waals surface area contributed by atoms with Crippen LogP contribution in [0.5, 0.6) is 0 Å². The smallest absolute Gasteiger partial charge is 0.326 e. The summed E-state index contributed by atoms with van der Waals surface area (Å²) in [7, 11) is 0. The summed E-state index contributed by atoms with van der Waals surface area (Å²) in [5.41, 5.74) is 0. The molecule has 1 saturated carbocycles. The van der Waals surface area contributed by atoms with E-state index in [1.54, 1.807) is 0 Å². The van der Waals surface area contributed by atoms with E-state index in [0.717, 1.165) is 25.7 Å². The average Bonchev–Trinajstić information content (AvgIpc) is 2.54. The molecular weight excluding hydrogens is 244 g/mol. The molecule has 0 aliphatic heterocycles. The molecule has 0 heterocycles. The van der Waals surface area contributed by atoms with Crippen molar-refractivity contribution in [1.82, 2.24) is 10.6 Å². The average molecular weight is 270 g/mol. The van der Waals surface area contributed by atoms with Gasteiger partial charge >= 0.3 is 12.0 Å². The van der Waals surface area contributed by atoms with Gasteiger partial charge in [-0.25, -0.2) is 9.59 Å². The van der Waals surface area contributed by atoms with Crippen molar-refractivity contribution in [3.05, 3.63) is 0 Å². The van der Waals surface area contributed by atoms with Crippen molar-refractivity contribution in [1.29, 1.82) is 0 Å². The fourth-order valence-electron chi connectivity index (χ4n) is 2.62. The molecular formula is C14H26N2O3. The topological polar surface area (TPSA) is 78.4 Å². The molecule has 0 radical (unpaired) electrons. The second-order valence-corrected chi connectivity index (χ2v) is 5.52. The van der Waals surface area contributed by atoms with Gasteiger partial charge < -0.3 is 15.7 Å². The first-order valence-electron chi connectivity index (χ1n) is 7.34. The molecule has 2 unspecified atom stereocenters. The molecule has 0 aromatic heterocycles. The highest BCUT2D eigenvalue weighted by molar-refractivity contribution is 5.82. The summed E-state index contributed by atoms with van der Waals surface area (Å²) in [6, 6.07) is -0.968. The lowest BCUT2D eigenvalue weighted by molar-refractivity contribution is -0.139. The van der Waals surface area contributed by atoms with Gasteiger partial charge in [-0.2, -0.15) is 0 Å². The molecule has 1 aliphatic carbocycles. The number of amides is 2. The molecule has 2 amide bonds. The second kappa shape index (κ2) is 8.02. The Hall–Kier alpha value is -1.26. The minimum absolute atomic E-state index is 0.165. The maximum atomic E-state index is 11.9. The van der Waals surface area contributed by atoms with Gasteiger partial charge in [0.1, 0.15) is 6.04 Å². The fraction of sp³-hybridized carbons (Fsp3) is 0.857. The largest absolute Gasteiger partial charge is 0.480 e. The Kier molecular flexibility index (Phi) is 6.67. The van der Waals surface area contributed by atoms with Gasteiger partial charge in [-0.15, -0.1) is 0 Å². The highest BCUT2D eigenvalue weighted by Gasteiger charge is 2.24. The first-order chi connectivity index (χ1) is 9.04. The molecule has 110 valence electrons. The van der Waals surface area contributed by atoms with Crippen molar-refractivity contribution < 1.29 is 14.7 Å². The van der Waals surface area contributed by atoms with E-state index >= 15 is 0 Å². The van der Waals surface area contributed by atoms with Gasteiger partial charge in [-0.05, 0) is 25.2 Å². The van der Waals surface area contributed by atoms with Gasteiger partial charge in [0, 0.05) is 6.04 Å². The minimum Gasteiger partial charge on any atom is -0.480 e. The number of hydrogen-bond donors (Lipinski definition) is 3. The van der Waals surface area contributed by atoms with Crippen LogP contribution in [0.1, 0.15) is 58.8 Å². The van der Waals surface area contributed by atoms with Gasteiger partial charge in [0.05, 0.1) is 0 Å². The maximum Gasteiger partial charge on any atom is 0.326 e. The van der Waals surface area contributed by atoms with E-state index in [2.05, 4.69) is 17.6 Å². The quantitative estimate of drug-likeness (QED) is 0.672. The predicted octanol–water partition coefficient (Wildman–Crippen LogP) is 2.51. The van der Waals surface area contributed by atoms with E-state index in [9.17, 15) is 9.59 Å². The van der Waals surface area contributed by atoms with Crippen molar-refractivity contribution in [2.75, 3.05) is 0 Å². The van der Waals surface area contributed by atoms with E-state index in [-0.39, 0.29) is 12.1 Å². The SMILES string of the molecule is CCC[C@H](NC(=O)NC1CCCCCC1C)C(=O)O. The number of carbonyl (C=O) groups excluding carboxylic acids is 1. The molecule has 0 aromatic carbocycles. The number of aliphatic carboxylic acids is 1. The van der Waals surface area contributed by atoms with Gasteiger partial charge in [0.2, 0.25) is 0 Å². The Morgan fingerprint density at radius 3 is 2.58 bits per heavy atom. The van der Waals surface area contributed by atoms with Gasteiger partial charge in [0.25, 0.3) is 0 Å².